The average Bonchev–Trinajstić information content (AvgIpc) is 2.62. The second kappa shape index (κ2) is 3.03. The Bertz CT molecular complexity index is 308. The zero-order valence-corrected chi connectivity index (χ0v) is 8.06. The summed E-state index contributed by atoms with van der Waals surface area (Å²) in [6, 6.07) is 0. The van der Waals surface area contributed by atoms with Crippen LogP contribution in [0.2, 0.25) is 0 Å². The molecule has 1 saturated heterocycles. The number of aliphatic hydroxyl groups excluding tert-OH is 1. The summed E-state index contributed by atoms with van der Waals surface area (Å²) in [5.74, 6) is 2.12. The molecule has 0 saturated carbocycles. The van der Waals surface area contributed by atoms with Crippen LogP contribution in [-0.2, 0) is 7.05 Å². The molecule has 1 aromatic rings. The Kier molecular flexibility index (Phi) is 2.00. The molecule has 0 amide bonds. The molecular weight excluding hydrogens is 166 g/mol. The standard InChI is InChI=1S/C9H15N3O/c1-7-10-5-9(11(7)2)12-4-3-8(13)6-12/h5,8,13H,3-4,6H2,1-2H3. The first-order valence-corrected chi connectivity index (χ1v) is 4.60. The Morgan fingerprint density at radius 3 is 2.85 bits per heavy atom. The van der Waals surface area contributed by atoms with Gasteiger partial charge < -0.3 is 14.6 Å². The second-order valence-corrected chi connectivity index (χ2v) is 3.61. The number of β-amino-alcohol motifs (C(OH)–C–C–N with tert-alkyl or cyclic N) is 1. The number of aromatic nitrogens is 2. The Balaban J connectivity index is 2.21. The number of aliphatic hydroxyl groups is 1. The van der Waals surface area contributed by atoms with Crippen molar-refractivity contribution >= 4 is 5.82 Å². The summed E-state index contributed by atoms with van der Waals surface area (Å²) < 4.78 is 2.05. The molecule has 0 radical (unpaired) electrons. The topological polar surface area (TPSA) is 41.3 Å². The van der Waals surface area contributed by atoms with Crippen molar-refractivity contribution in [1.82, 2.24) is 9.55 Å². The van der Waals surface area contributed by atoms with Crippen LogP contribution in [0.1, 0.15) is 12.2 Å². The highest BCUT2D eigenvalue weighted by Crippen LogP contribution is 2.20. The number of hydrogen-bond donors (Lipinski definition) is 1. The number of anilines is 1. The summed E-state index contributed by atoms with van der Waals surface area (Å²) in [4.78, 5) is 6.40. The Labute approximate surface area is 77.8 Å². The van der Waals surface area contributed by atoms with Crippen LogP contribution in [-0.4, -0.2) is 33.9 Å². The highest BCUT2D eigenvalue weighted by Gasteiger charge is 2.22. The molecule has 0 aromatic carbocycles. The average molecular weight is 181 g/mol. The summed E-state index contributed by atoms with van der Waals surface area (Å²) in [5, 5.41) is 9.39. The SMILES string of the molecule is Cc1ncc(N2CCC(O)C2)n1C. The number of imidazole rings is 1. The summed E-state index contributed by atoms with van der Waals surface area (Å²) in [6.07, 6.45) is 2.56. The van der Waals surface area contributed by atoms with E-state index in [0.29, 0.717) is 0 Å². The van der Waals surface area contributed by atoms with E-state index < -0.39 is 0 Å². The molecule has 1 aliphatic heterocycles. The molecule has 72 valence electrons. The molecule has 4 heteroatoms. The molecule has 1 aromatic heterocycles. The van der Waals surface area contributed by atoms with Crippen molar-refractivity contribution in [3.8, 4) is 0 Å². The van der Waals surface area contributed by atoms with Crippen molar-refractivity contribution in [3.63, 3.8) is 0 Å². The van der Waals surface area contributed by atoms with Crippen molar-refractivity contribution in [2.24, 2.45) is 7.05 Å². The molecule has 0 spiro atoms. The smallest absolute Gasteiger partial charge is 0.128 e. The van der Waals surface area contributed by atoms with Crippen LogP contribution in [0.4, 0.5) is 5.82 Å². The lowest BCUT2D eigenvalue weighted by Gasteiger charge is -2.17. The van der Waals surface area contributed by atoms with E-state index >= 15 is 0 Å². The van der Waals surface area contributed by atoms with Crippen molar-refractivity contribution in [2.75, 3.05) is 18.0 Å². The zero-order valence-electron chi connectivity index (χ0n) is 8.06. The predicted molar refractivity (Wildman–Crippen MR) is 50.8 cm³/mol. The summed E-state index contributed by atoms with van der Waals surface area (Å²) in [6.45, 7) is 3.65. The largest absolute Gasteiger partial charge is 0.391 e. The zero-order chi connectivity index (χ0) is 9.42. The molecule has 4 nitrogen and oxygen atoms in total. The maximum Gasteiger partial charge on any atom is 0.128 e. The van der Waals surface area contributed by atoms with E-state index in [2.05, 4.69) is 14.5 Å². The third-order valence-corrected chi connectivity index (χ3v) is 2.68. The first-order chi connectivity index (χ1) is 6.18. The van der Waals surface area contributed by atoms with Crippen LogP contribution in [0.15, 0.2) is 6.20 Å². The van der Waals surface area contributed by atoms with Gasteiger partial charge in [-0.05, 0) is 13.3 Å². The minimum absolute atomic E-state index is 0.171. The summed E-state index contributed by atoms with van der Waals surface area (Å²) in [7, 11) is 2.00. The lowest BCUT2D eigenvalue weighted by molar-refractivity contribution is 0.198. The van der Waals surface area contributed by atoms with Crippen LogP contribution < -0.4 is 4.90 Å². The van der Waals surface area contributed by atoms with Gasteiger partial charge in [0.25, 0.3) is 0 Å². The van der Waals surface area contributed by atoms with Gasteiger partial charge in [0.15, 0.2) is 0 Å². The van der Waals surface area contributed by atoms with E-state index in [1.54, 1.807) is 0 Å². The fraction of sp³-hybridized carbons (Fsp3) is 0.667. The Morgan fingerprint density at radius 1 is 1.62 bits per heavy atom. The van der Waals surface area contributed by atoms with Gasteiger partial charge >= 0.3 is 0 Å². The van der Waals surface area contributed by atoms with Gasteiger partial charge in [-0.15, -0.1) is 0 Å². The molecule has 13 heavy (non-hydrogen) atoms. The van der Waals surface area contributed by atoms with Gasteiger partial charge in [0.05, 0.1) is 12.3 Å². The molecule has 2 heterocycles. The predicted octanol–water partition coefficient (Wildman–Crippen LogP) is 0.300. The van der Waals surface area contributed by atoms with E-state index in [-0.39, 0.29) is 6.10 Å². The minimum atomic E-state index is -0.171. The number of hydrogen-bond acceptors (Lipinski definition) is 3. The summed E-state index contributed by atoms with van der Waals surface area (Å²) >= 11 is 0. The fourth-order valence-electron chi connectivity index (χ4n) is 1.73. The molecule has 1 unspecified atom stereocenters. The van der Waals surface area contributed by atoms with Crippen LogP contribution in [0.25, 0.3) is 0 Å². The minimum Gasteiger partial charge on any atom is -0.391 e. The van der Waals surface area contributed by atoms with Crippen LogP contribution in [0.3, 0.4) is 0 Å². The number of rotatable bonds is 1. The third kappa shape index (κ3) is 1.42. The maximum absolute atomic E-state index is 9.39. The molecule has 1 aliphatic rings. The molecule has 1 N–H and O–H groups in total. The van der Waals surface area contributed by atoms with E-state index in [4.69, 9.17) is 0 Å². The lowest BCUT2D eigenvalue weighted by Crippen LogP contribution is -2.23. The van der Waals surface area contributed by atoms with E-state index in [1.165, 1.54) is 0 Å². The van der Waals surface area contributed by atoms with E-state index in [1.807, 2.05) is 20.2 Å². The number of aryl methyl sites for hydroxylation is 1. The van der Waals surface area contributed by atoms with Gasteiger partial charge in [-0.25, -0.2) is 4.98 Å². The molecule has 0 bridgehead atoms. The molecular formula is C9H15N3O. The Morgan fingerprint density at radius 2 is 2.38 bits per heavy atom. The third-order valence-electron chi connectivity index (χ3n) is 2.68. The van der Waals surface area contributed by atoms with Crippen molar-refractivity contribution in [2.45, 2.75) is 19.4 Å². The normalized spacial score (nSPS) is 22.7. The van der Waals surface area contributed by atoms with E-state index in [0.717, 1.165) is 31.2 Å². The van der Waals surface area contributed by atoms with E-state index in [9.17, 15) is 5.11 Å². The van der Waals surface area contributed by atoms with Crippen molar-refractivity contribution in [3.05, 3.63) is 12.0 Å². The molecule has 0 aliphatic carbocycles. The van der Waals surface area contributed by atoms with Gasteiger partial charge in [-0.2, -0.15) is 0 Å². The molecule has 1 fully saturated rings. The number of nitrogens with zero attached hydrogens (tertiary/aromatic N) is 3. The highest BCUT2D eigenvalue weighted by atomic mass is 16.3. The highest BCUT2D eigenvalue weighted by molar-refractivity contribution is 5.40. The van der Waals surface area contributed by atoms with Crippen LogP contribution in [0.5, 0.6) is 0 Å². The van der Waals surface area contributed by atoms with Gasteiger partial charge in [0.2, 0.25) is 0 Å². The van der Waals surface area contributed by atoms with Gasteiger partial charge in [-0.3, -0.25) is 0 Å². The van der Waals surface area contributed by atoms with Crippen LogP contribution in [0, 0.1) is 6.92 Å². The van der Waals surface area contributed by atoms with Gasteiger partial charge in [-0.1, -0.05) is 0 Å². The first-order valence-electron chi connectivity index (χ1n) is 4.60. The maximum atomic E-state index is 9.39. The monoisotopic (exact) mass is 181 g/mol. The van der Waals surface area contributed by atoms with Gasteiger partial charge in [0, 0.05) is 20.1 Å². The summed E-state index contributed by atoms with van der Waals surface area (Å²) in [5.41, 5.74) is 0. The van der Waals surface area contributed by atoms with Crippen LogP contribution >= 0.6 is 0 Å². The molecule has 1 atom stereocenters. The first kappa shape index (κ1) is 8.56. The Hall–Kier alpha value is -1.03. The quantitative estimate of drug-likeness (QED) is 0.677. The van der Waals surface area contributed by atoms with Crippen molar-refractivity contribution in [1.29, 1.82) is 0 Å². The fourth-order valence-corrected chi connectivity index (χ4v) is 1.73. The van der Waals surface area contributed by atoms with Crippen molar-refractivity contribution < 1.29 is 5.11 Å². The van der Waals surface area contributed by atoms with Gasteiger partial charge in [0.1, 0.15) is 11.6 Å². The lowest BCUT2D eigenvalue weighted by atomic mass is 10.3. The molecule has 2 rings (SSSR count). The second-order valence-electron chi connectivity index (χ2n) is 3.61.